The highest BCUT2D eigenvalue weighted by Crippen LogP contribution is 2.24. The summed E-state index contributed by atoms with van der Waals surface area (Å²) in [5, 5.41) is 14.2. The van der Waals surface area contributed by atoms with Crippen LogP contribution in [0.25, 0.3) is 0 Å². The van der Waals surface area contributed by atoms with Gasteiger partial charge in [-0.25, -0.2) is 9.59 Å². The third-order valence-electron chi connectivity index (χ3n) is 3.10. The summed E-state index contributed by atoms with van der Waals surface area (Å²) in [7, 11) is 8.03. The van der Waals surface area contributed by atoms with Gasteiger partial charge >= 0.3 is 24.3 Å². The van der Waals surface area contributed by atoms with Gasteiger partial charge in [-0.05, 0) is 39.3 Å². The zero-order valence-electron chi connectivity index (χ0n) is 17.0. The van der Waals surface area contributed by atoms with Gasteiger partial charge in [-0.1, -0.05) is 15.9 Å². The number of halogens is 7. The Kier molecular flexibility index (Phi) is 14.1. The first kappa shape index (κ1) is 31.1. The minimum atomic E-state index is -5.08. The molecule has 0 amide bonds. The maximum atomic E-state index is 10.6. The lowest BCUT2D eigenvalue weighted by molar-refractivity contribution is -0.193. The Morgan fingerprint density at radius 2 is 1.39 bits per heavy atom. The number of rotatable bonds is 6. The minimum absolute atomic E-state index is 0.899. The summed E-state index contributed by atoms with van der Waals surface area (Å²) < 4.78 is 69.9. The molecule has 0 aliphatic rings. The quantitative estimate of drug-likeness (QED) is 0.544. The summed E-state index contributed by atoms with van der Waals surface area (Å²) in [5.74, 6) is -4.56. The highest BCUT2D eigenvalue weighted by molar-refractivity contribution is 9.10. The monoisotopic (exact) mass is 528 g/mol. The summed E-state index contributed by atoms with van der Waals surface area (Å²) in [6.45, 7) is 3.01. The number of hydrogen-bond donors (Lipinski definition) is 2. The lowest BCUT2D eigenvalue weighted by Crippen LogP contribution is -2.28. The molecule has 0 aromatic heterocycles. The third kappa shape index (κ3) is 16.3. The van der Waals surface area contributed by atoms with Crippen molar-refractivity contribution in [2.75, 3.05) is 41.3 Å². The van der Waals surface area contributed by atoms with Gasteiger partial charge in [-0.15, -0.1) is 0 Å². The second-order valence-electron chi connectivity index (χ2n) is 6.10. The molecular formula is C17H23BrF6N2O5. The van der Waals surface area contributed by atoms with E-state index in [-0.39, 0.29) is 0 Å². The molecule has 0 aliphatic heterocycles. The first-order valence-corrected chi connectivity index (χ1v) is 8.97. The van der Waals surface area contributed by atoms with E-state index in [1.54, 1.807) is 7.11 Å². The molecule has 0 fully saturated rings. The molecule has 1 rings (SSSR count). The Morgan fingerprint density at radius 1 is 0.968 bits per heavy atom. The van der Waals surface area contributed by atoms with E-state index < -0.39 is 24.3 Å². The number of carboxylic acids is 2. The van der Waals surface area contributed by atoms with Gasteiger partial charge in [0.05, 0.1) is 7.11 Å². The SMILES string of the molecule is COc1ccc(Br)cc1CN(C)CCN(C)C.O=C(O)C(F)(F)F.O=C(O)C(F)(F)F. The number of carboxylic acid groups (broad SMARTS) is 2. The summed E-state index contributed by atoms with van der Waals surface area (Å²) in [5.41, 5.74) is 1.21. The Bertz CT molecular complexity index is 675. The van der Waals surface area contributed by atoms with Gasteiger partial charge in [0, 0.05) is 29.7 Å². The lowest BCUT2D eigenvalue weighted by atomic mass is 10.2. The van der Waals surface area contributed by atoms with Gasteiger partial charge in [0.25, 0.3) is 0 Å². The fraction of sp³-hybridized carbons (Fsp3) is 0.529. The summed E-state index contributed by atoms with van der Waals surface area (Å²) in [4.78, 5) is 22.3. The van der Waals surface area contributed by atoms with Crippen molar-refractivity contribution in [2.45, 2.75) is 18.9 Å². The van der Waals surface area contributed by atoms with Gasteiger partial charge in [0.15, 0.2) is 0 Å². The van der Waals surface area contributed by atoms with E-state index in [1.165, 1.54) is 5.56 Å². The van der Waals surface area contributed by atoms with Gasteiger partial charge in [-0.2, -0.15) is 26.3 Å². The van der Waals surface area contributed by atoms with E-state index >= 15 is 0 Å². The predicted octanol–water partition coefficient (Wildman–Crippen LogP) is 3.72. The lowest BCUT2D eigenvalue weighted by Gasteiger charge is -2.20. The van der Waals surface area contributed by atoms with E-state index in [0.717, 1.165) is 29.9 Å². The molecule has 0 saturated carbocycles. The van der Waals surface area contributed by atoms with Crippen LogP contribution in [0, 0.1) is 0 Å². The van der Waals surface area contributed by atoms with E-state index in [9.17, 15) is 26.3 Å². The van der Waals surface area contributed by atoms with Crippen LogP contribution in [0.4, 0.5) is 26.3 Å². The van der Waals surface area contributed by atoms with Crippen LogP contribution in [0.5, 0.6) is 5.75 Å². The maximum Gasteiger partial charge on any atom is 0.490 e. The topological polar surface area (TPSA) is 90.3 Å². The molecule has 0 saturated heterocycles. The number of likely N-dealkylation sites (N-methyl/N-ethyl adjacent to an activating group) is 2. The molecule has 31 heavy (non-hydrogen) atoms. The normalized spacial score (nSPS) is 11.3. The molecule has 0 bridgehead atoms. The van der Waals surface area contributed by atoms with Crippen LogP contribution in [0.3, 0.4) is 0 Å². The van der Waals surface area contributed by atoms with Crippen molar-refractivity contribution in [3.63, 3.8) is 0 Å². The number of benzene rings is 1. The number of hydrogen-bond acceptors (Lipinski definition) is 5. The smallest absolute Gasteiger partial charge is 0.490 e. The van der Waals surface area contributed by atoms with Crippen LogP contribution < -0.4 is 4.74 Å². The third-order valence-corrected chi connectivity index (χ3v) is 3.59. The highest BCUT2D eigenvalue weighted by Gasteiger charge is 2.38. The van der Waals surface area contributed by atoms with Crippen LogP contribution in [-0.2, 0) is 16.1 Å². The molecule has 180 valence electrons. The number of nitrogens with zero attached hydrogens (tertiary/aromatic N) is 2. The summed E-state index contributed by atoms with van der Waals surface area (Å²) in [6.07, 6.45) is -10.2. The van der Waals surface area contributed by atoms with E-state index in [1.807, 2.05) is 12.1 Å². The van der Waals surface area contributed by atoms with Gasteiger partial charge in [0.2, 0.25) is 0 Å². The summed E-state index contributed by atoms with van der Waals surface area (Å²) >= 11 is 3.50. The molecule has 2 N–H and O–H groups in total. The predicted molar refractivity (Wildman–Crippen MR) is 103 cm³/mol. The molecule has 0 atom stereocenters. The van der Waals surface area contributed by atoms with Crippen LogP contribution in [0.2, 0.25) is 0 Å². The molecule has 1 aromatic rings. The number of ether oxygens (including phenoxy) is 1. The van der Waals surface area contributed by atoms with Crippen LogP contribution in [0.1, 0.15) is 5.56 Å². The Hall–Kier alpha value is -2.06. The minimum Gasteiger partial charge on any atom is -0.496 e. The van der Waals surface area contributed by atoms with Crippen LogP contribution >= 0.6 is 15.9 Å². The number of carbonyl (C=O) groups is 2. The molecule has 0 unspecified atom stereocenters. The van der Waals surface area contributed by atoms with Gasteiger partial charge in [-0.3, -0.25) is 0 Å². The molecule has 14 heteroatoms. The molecule has 1 aromatic carbocycles. The zero-order valence-corrected chi connectivity index (χ0v) is 18.6. The van der Waals surface area contributed by atoms with Crippen LogP contribution in [0.15, 0.2) is 22.7 Å². The van der Waals surface area contributed by atoms with Crippen molar-refractivity contribution in [1.29, 1.82) is 0 Å². The number of methoxy groups -OCH3 is 1. The second-order valence-corrected chi connectivity index (χ2v) is 7.02. The first-order valence-electron chi connectivity index (χ1n) is 8.17. The second kappa shape index (κ2) is 14.1. The Labute approximate surface area is 183 Å². The highest BCUT2D eigenvalue weighted by atomic mass is 79.9. The van der Waals surface area contributed by atoms with Crippen molar-refractivity contribution in [3.8, 4) is 5.75 Å². The van der Waals surface area contributed by atoms with Crippen molar-refractivity contribution < 1.29 is 50.9 Å². The van der Waals surface area contributed by atoms with Crippen molar-refractivity contribution in [2.24, 2.45) is 0 Å². The van der Waals surface area contributed by atoms with Crippen molar-refractivity contribution >= 4 is 27.9 Å². The maximum absolute atomic E-state index is 10.6. The molecule has 0 heterocycles. The van der Waals surface area contributed by atoms with Gasteiger partial charge in [0.1, 0.15) is 5.75 Å². The average molecular weight is 529 g/mol. The zero-order chi connectivity index (χ0) is 25.0. The molecule has 0 aliphatic carbocycles. The van der Waals surface area contributed by atoms with Crippen molar-refractivity contribution in [3.05, 3.63) is 28.2 Å². The van der Waals surface area contributed by atoms with E-state index in [4.69, 9.17) is 24.5 Å². The summed E-state index contributed by atoms with van der Waals surface area (Å²) in [6, 6.07) is 6.12. The molecule has 0 radical (unpaired) electrons. The Morgan fingerprint density at radius 3 is 1.71 bits per heavy atom. The van der Waals surface area contributed by atoms with Gasteiger partial charge < -0.3 is 24.7 Å². The van der Waals surface area contributed by atoms with E-state index in [2.05, 4.69) is 52.9 Å². The number of alkyl halides is 6. The van der Waals surface area contributed by atoms with Crippen LogP contribution in [-0.4, -0.2) is 85.6 Å². The first-order chi connectivity index (χ1) is 13.9. The fourth-order valence-corrected chi connectivity index (χ4v) is 2.02. The molecular weight excluding hydrogens is 506 g/mol. The van der Waals surface area contributed by atoms with Crippen molar-refractivity contribution in [1.82, 2.24) is 9.80 Å². The number of aliphatic carboxylic acids is 2. The molecule has 7 nitrogen and oxygen atoms in total. The van der Waals surface area contributed by atoms with E-state index in [0.29, 0.717) is 0 Å². The fourth-order valence-electron chi connectivity index (χ4n) is 1.61. The Balaban J connectivity index is 0. The molecule has 0 spiro atoms. The average Bonchev–Trinajstić information content (AvgIpc) is 2.59. The standard InChI is InChI=1S/C13H21BrN2O.2C2HF3O2/c1-15(2)7-8-16(3)10-11-9-12(14)5-6-13(11)17-4;2*3-2(4,5)1(6)7/h5-6,9H,7-8,10H2,1-4H3;2*(H,6,7). The largest absolute Gasteiger partial charge is 0.496 e.